The van der Waals surface area contributed by atoms with E-state index in [-0.39, 0.29) is 23.9 Å². The molecule has 1 aliphatic carbocycles. The quantitative estimate of drug-likeness (QED) is 0.797. The fourth-order valence-electron chi connectivity index (χ4n) is 3.48. The van der Waals surface area contributed by atoms with Crippen LogP contribution >= 0.6 is 0 Å². The number of hydrogen-bond acceptors (Lipinski definition) is 3. The van der Waals surface area contributed by atoms with E-state index in [4.69, 9.17) is 5.73 Å². The zero-order chi connectivity index (χ0) is 12.4. The Bertz CT molecular complexity index is 309. The van der Waals surface area contributed by atoms with Crippen molar-refractivity contribution in [2.24, 2.45) is 11.7 Å². The van der Waals surface area contributed by atoms with E-state index in [0.29, 0.717) is 5.78 Å². The number of primary amides is 1. The normalized spacial score (nSPS) is 31.9. The number of Topliss-reactive ketones (excluding diaryl/α,β-unsaturated/α-hetero) is 1. The zero-order valence-corrected chi connectivity index (χ0v) is 10.5. The first-order chi connectivity index (χ1) is 8.15. The monoisotopic (exact) mass is 238 g/mol. The Kier molecular flexibility index (Phi) is 3.82. The first-order valence-electron chi connectivity index (χ1n) is 6.73. The number of amides is 1. The standard InChI is InChI=1S/C13H22N2O2/c1-2-10(13(14)17)15-8-4-6-11(15)9-5-3-7-12(9)16/h9-11H,2-8H2,1H3,(H2,14,17). The zero-order valence-electron chi connectivity index (χ0n) is 10.5. The first-order valence-corrected chi connectivity index (χ1v) is 6.73. The molecule has 3 atom stereocenters. The van der Waals surface area contributed by atoms with E-state index in [1.807, 2.05) is 6.92 Å². The second-order valence-corrected chi connectivity index (χ2v) is 5.24. The van der Waals surface area contributed by atoms with Crippen LogP contribution in [-0.2, 0) is 9.59 Å². The lowest BCUT2D eigenvalue weighted by molar-refractivity contribution is -0.127. The highest BCUT2D eigenvalue weighted by Gasteiger charge is 2.41. The van der Waals surface area contributed by atoms with E-state index >= 15 is 0 Å². The van der Waals surface area contributed by atoms with Crippen LogP contribution in [0.5, 0.6) is 0 Å². The lowest BCUT2D eigenvalue weighted by atomic mass is 9.94. The summed E-state index contributed by atoms with van der Waals surface area (Å²) in [4.78, 5) is 25.5. The highest BCUT2D eigenvalue weighted by atomic mass is 16.1. The molecule has 2 fully saturated rings. The Morgan fingerprint density at radius 3 is 2.76 bits per heavy atom. The third-order valence-corrected chi connectivity index (χ3v) is 4.27. The van der Waals surface area contributed by atoms with Crippen molar-refractivity contribution in [2.75, 3.05) is 6.54 Å². The third-order valence-electron chi connectivity index (χ3n) is 4.27. The first kappa shape index (κ1) is 12.6. The van der Waals surface area contributed by atoms with Gasteiger partial charge in [-0.15, -0.1) is 0 Å². The van der Waals surface area contributed by atoms with Gasteiger partial charge < -0.3 is 5.73 Å². The van der Waals surface area contributed by atoms with Crippen molar-refractivity contribution in [3.8, 4) is 0 Å². The summed E-state index contributed by atoms with van der Waals surface area (Å²) in [7, 11) is 0. The van der Waals surface area contributed by atoms with Crippen molar-refractivity contribution < 1.29 is 9.59 Å². The van der Waals surface area contributed by atoms with Gasteiger partial charge in [0.1, 0.15) is 5.78 Å². The van der Waals surface area contributed by atoms with Gasteiger partial charge in [-0.3, -0.25) is 14.5 Å². The summed E-state index contributed by atoms with van der Waals surface area (Å²) in [6.45, 7) is 2.90. The summed E-state index contributed by atoms with van der Waals surface area (Å²) in [5.74, 6) is 0.303. The summed E-state index contributed by atoms with van der Waals surface area (Å²) < 4.78 is 0. The molecule has 2 N–H and O–H groups in total. The Labute approximate surface area is 103 Å². The van der Waals surface area contributed by atoms with Crippen molar-refractivity contribution >= 4 is 11.7 Å². The number of nitrogens with two attached hydrogens (primary N) is 1. The minimum Gasteiger partial charge on any atom is -0.368 e. The minimum absolute atomic E-state index is 0.158. The Balaban J connectivity index is 2.11. The van der Waals surface area contributed by atoms with Crippen LogP contribution in [0, 0.1) is 5.92 Å². The molecule has 1 saturated heterocycles. The Hall–Kier alpha value is -0.900. The molecule has 96 valence electrons. The molecular formula is C13H22N2O2. The number of hydrogen-bond donors (Lipinski definition) is 1. The number of rotatable bonds is 4. The highest BCUT2D eigenvalue weighted by molar-refractivity contribution is 5.84. The molecule has 1 aliphatic heterocycles. The van der Waals surface area contributed by atoms with E-state index in [1.54, 1.807) is 0 Å². The number of ketones is 1. The molecule has 1 heterocycles. The van der Waals surface area contributed by atoms with Gasteiger partial charge in [0.2, 0.25) is 5.91 Å². The summed E-state index contributed by atoms with van der Waals surface area (Å²) in [5, 5.41) is 0. The third kappa shape index (κ3) is 2.37. The number of carbonyl (C=O) groups is 2. The summed E-state index contributed by atoms with van der Waals surface area (Å²) in [5.41, 5.74) is 5.46. The van der Waals surface area contributed by atoms with Gasteiger partial charge in [-0.2, -0.15) is 0 Å². The maximum absolute atomic E-state index is 11.8. The van der Waals surface area contributed by atoms with Crippen LogP contribution in [0.2, 0.25) is 0 Å². The molecule has 1 amide bonds. The van der Waals surface area contributed by atoms with Gasteiger partial charge in [-0.1, -0.05) is 6.92 Å². The molecule has 3 unspecified atom stereocenters. The number of carbonyl (C=O) groups excluding carboxylic acids is 2. The maximum atomic E-state index is 11.8. The topological polar surface area (TPSA) is 63.4 Å². The smallest absolute Gasteiger partial charge is 0.234 e. The molecule has 0 spiro atoms. The van der Waals surface area contributed by atoms with Gasteiger partial charge in [0, 0.05) is 18.4 Å². The van der Waals surface area contributed by atoms with Crippen LogP contribution in [-0.4, -0.2) is 35.2 Å². The van der Waals surface area contributed by atoms with Gasteiger partial charge in [0.15, 0.2) is 0 Å². The lowest BCUT2D eigenvalue weighted by Crippen LogP contribution is -2.49. The van der Waals surface area contributed by atoms with Gasteiger partial charge in [-0.25, -0.2) is 0 Å². The van der Waals surface area contributed by atoms with Gasteiger partial charge in [0.25, 0.3) is 0 Å². The SMILES string of the molecule is CCC(C(N)=O)N1CCCC1C1CCCC1=O. The van der Waals surface area contributed by atoms with Crippen LogP contribution in [0.1, 0.15) is 45.4 Å². The molecule has 0 aromatic carbocycles. The van der Waals surface area contributed by atoms with Gasteiger partial charge >= 0.3 is 0 Å². The molecule has 2 rings (SSSR count). The van der Waals surface area contributed by atoms with E-state index in [2.05, 4.69) is 4.90 Å². The van der Waals surface area contributed by atoms with Crippen LogP contribution in [0.15, 0.2) is 0 Å². The van der Waals surface area contributed by atoms with Crippen molar-refractivity contribution in [3.05, 3.63) is 0 Å². The lowest BCUT2D eigenvalue weighted by Gasteiger charge is -2.33. The minimum atomic E-state index is -0.246. The molecule has 4 nitrogen and oxygen atoms in total. The van der Waals surface area contributed by atoms with Crippen molar-refractivity contribution in [2.45, 2.75) is 57.5 Å². The highest BCUT2D eigenvalue weighted by Crippen LogP contribution is 2.34. The largest absolute Gasteiger partial charge is 0.368 e. The van der Waals surface area contributed by atoms with Crippen molar-refractivity contribution in [1.82, 2.24) is 4.90 Å². The van der Waals surface area contributed by atoms with Crippen molar-refractivity contribution in [3.63, 3.8) is 0 Å². The molecule has 17 heavy (non-hydrogen) atoms. The van der Waals surface area contributed by atoms with Crippen LogP contribution in [0.25, 0.3) is 0 Å². The number of nitrogens with zero attached hydrogens (tertiary/aromatic N) is 1. The number of likely N-dealkylation sites (tertiary alicyclic amines) is 1. The average molecular weight is 238 g/mol. The molecular weight excluding hydrogens is 216 g/mol. The fraction of sp³-hybridized carbons (Fsp3) is 0.846. The van der Waals surface area contributed by atoms with Gasteiger partial charge in [-0.05, 0) is 38.6 Å². The molecule has 0 bridgehead atoms. The van der Waals surface area contributed by atoms with E-state index in [1.165, 1.54) is 0 Å². The van der Waals surface area contributed by atoms with E-state index in [0.717, 1.165) is 45.1 Å². The maximum Gasteiger partial charge on any atom is 0.234 e. The molecule has 4 heteroatoms. The second-order valence-electron chi connectivity index (χ2n) is 5.24. The Morgan fingerprint density at radius 1 is 1.47 bits per heavy atom. The molecule has 0 aromatic heterocycles. The second kappa shape index (κ2) is 5.17. The molecule has 0 aromatic rings. The van der Waals surface area contributed by atoms with Crippen LogP contribution in [0.3, 0.4) is 0 Å². The Morgan fingerprint density at radius 2 is 2.24 bits per heavy atom. The van der Waals surface area contributed by atoms with Crippen LogP contribution < -0.4 is 5.73 Å². The summed E-state index contributed by atoms with van der Waals surface area (Å²) in [6.07, 6.45) is 5.60. The molecule has 0 radical (unpaired) electrons. The van der Waals surface area contributed by atoms with E-state index < -0.39 is 0 Å². The average Bonchev–Trinajstić information content (AvgIpc) is 2.87. The molecule has 1 saturated carbocycles. The predicted octanol–water partition coefficient (Wildman–Crippen LogP) is 1.08. The summed E-state index contributed by atoms with van der Waals surface area (Å²) >= 11 is 0. The molecule has 2 aliphatic rings. The summed E-state index contributed by atoms with van der Waals surface area (Å²) in [6, 6.07) is 0.0818. The predicted molar refractivity (Wildman–Crippen MR) is 65.3 cm³/mol. The van der Waals surface area contributed by atoms with Crippen molar-refractivity contribution in [1.29, 1.82) is 0 Å². The van der Waals surface area contributed by atoms with Gasteiger partial charge in [0.05, 0.1) is 6.04 Å². The fourth-order valence-corrected chi connectivity index (χ4v) is 3.48. The van der Waals surface area contributed by atoms with Crippen LogP contribution in [0.4, 0.5) is 0 Å². The van der Waals surface area contributed by atoms with E-state index in [9.17, 15) is 9.59 Å².